The Labute approximate surface area is 216 Å². The number of carbonyl (C=O) groups is 1. The average Bonchev–Trinajstić information content (AvgIpc) is 3.30. The minimum atomic E-state index is -0.588. The molecule has 1 atom stereocenters. The third-order valence-electron chi connectivity index (χ3n) is 6.07. The van der Waals surface area contributed by atoms with E-state index in [1.54, 1.807) is 12.3 Å². The van der Waals surface area contributed by atoms with Crippen LogP contribution in [0.5, 0.6) is 5.75 Å². The Morgan fingerprint density at radius 2 is 1.95 bits per heavy atom. The van der Waals surface area contributed by atoms with E-state index in [4.69, 9.17) is 14.2 Å². The highest BCUT2D eigenvalue weighted by Crippen LogP contribution is 2.36. The molecule has 1 unspecified atom stereocenters. The molecule has 1 aliphatic rings. The number of rotatable bonds is 6. The summed E-state index contributed by atoms with van der Waals surface area (Å²) in [5.74, 6) is 1.14. The van der Waals surface area contributed by atoms with Gasteiger partial charge in [0.1, 0.15) is 23.8 Å². The molecule has 1 amide bonds. The molecule has 8 nitrogen and oxygen atoms in total. The summed E-state index contributed by atoms with van der Waals surface area (Å²) in [5, 5.41) is 8.31. The fourth-order valence-electron chi connectivity index (χ4n) is 4.33. The molecule has 2 aromatic carbocycles. The lowest BCUT2D eigenvalue weighted by molar-refractivity contribution is -0.0366. The van der Waals surface area contributed by atoms with Gasteiger partial charge in [-0.3, -0.25) is 5.32 Å². The standard InChI is InChI=1S/C29H32N4O4/c1-29(2,3)37-28(34)32-26-13-12-21(17-30-26)23-16-24-22(18-31-33(24)27-11-7-8-14-35-27)15-25(23)36-19-20-9-5-4-6-10-20/h4-6,9-10,12-13,15-18,27H,7-8,11,14,19H2,1-3H3,(H,30,32,34). The molecule has 1 N–H and O–H groups in total. The van der Waals surface area contributed by atoms with Gasteiger partial charge in [-0.2, -0.15) is 5.10 Å². The van der Waals surface area contributed by atoms with Gasteiger partial charge >= 0.3 is 6.09 Å². The summed E-state index contributed by atoms with van der Waals surface area (Å²) in [6.07, 6.45) is 6.09. The van der Waals surface area contributed by atoms with Gasteiger partial charge in [0.15, 0.2) is 6.23 Å². The average molecular weight is 501 g/mol. The van der Waals surface area contributed by atoms with Crippen LogP contribution < -0.4 is 10.1 Å². The number of anilines is 1. The van der Waals surface area contributed by atoms with Crippen molar-refractivity contribution in [2.45, 2.75) is 58.5 Å². The lowest BCUT2D eigenvalue weighted by atomic mass is 10.0. The highest BCUT2D eigenvalue weighted by Gasteiger charge is 2.21. The minimum Gasteiger partial charge on any atom is -0.488 e. The Morgan fingerprint density at radius 1 is 1.11 bits per heavy atom. The number of hydrogen-bond donors (Lipinski definition) is 1. The molecule has 8 heteroatoms. The molecule has 2 aromatic heterocycles. The molecule has 3 heterocycles. The van der Waals surface area contributed by atoms with Crippen molar-refractivity contribution in [2.75, 3.05) is 11.9 Å². The van der Waals surface area contributed by atoms with Crippen LogP contribution in [0.2, 0.25) is 0 Å². The molecule has 192 valence electrons. The number of ether oxygens (including phenoxy) is 3. The molecular formula is C29H32N4O4. The summed E-state index contributed by atoms with van der Waals surface area (Å²) in [4.78, 5) is 16.6. The van der Waals surface area contributed by atoms with Crippen molar-refractivity contribution in [3.63, 3.8) is 0 Å². The van der Waals surface area contributed by atoms with Crippen molar-refractivity contribution in [3.8, 4) is 16.9 Å². The fraction of sp³-hybridized carbons (Fsp3) is 0.345. The number of nitrogens with one attached hydrogen (secondary N) is 1. The van der Waals surface area contributed by atoms with Gasteiger partial charge in [0.25, 0.3) is 0 Å². The summed E-state index contributed by atoms with van der Waals surface area (Å²) >= 11 is 0. The zero-order valence-electron chi connectivity index (χ0n) is 21.4. The van der Waals surface area contributed by atoms with Crippen molar-refractivity contribution in [1.29, 1.82) is 0 Å². The van der Waals surface area contributed by atoms with E-state index in [2.05, 4.69) is 21.5 Å². The smallest absolute Gasteiger partial charge is 0.413 e. The van der Waals surface area contributed by atoms with E-state index in [9.17, 15) is 4.79 Å². The van der Waals surface area contributed by atoms with Crippen LogP contribution in [0.3, 0.4) is 0 Å². The zero-order valence-corrected chi connectivity index (χ0v) is 21.4. The van der Waals surface area contributed by atoms with Gasteiger partial charge in [-0.25, -0.2) is 14.5 Å². The van der Waals surface area contributed by atoms with E-state index >= 15 is 0 Å². The molecule has 1 saturated heterocycles. The van der Waals surface area contributed by atoms with Crippen molar-refractivity contribution in [3.05, 3.63) is 72.6 Å². The van der Waals surface area contributed by atoms with Crippen molar-refractivity contribution < 1.29 is 19.0 Å². The number of hydrogen-bond acceptors (Lipinski definition) is 6. The quantitative estimate of drug-likeness (QED) is 0.316. The maximum Gasteiger partial charge on any atom is 0.413 e. The molecule has 1 fully saturated rings. The van der Waals surface area contributed by atoms with E-state index < -0.39 is 11.7 Å². The predicted molar refractivity (Wildman–Crippen MR) is 142 cm³/mol. The number of carbonyl (C=O) groups excluding carboxylic acids is 1. The summed E-state index contributed by atoms with van der Waals surface area (Å²) in [6, 6.07) is 17.8. The second-order valence-corrected chi connectivity index (χ2v) is 10.2. The fourth-order valence-corrected chi connectivity index (χ4v) is 4.33. The van der Waals surface area contributed by atoms with Gasteiger partial charge in [0, 0.05) is 29.3 Å². The van der Waals surface area contributed by atoms with E-state index in [0.29, 0.717) is 12.4 Å². The number of nitrogens with zero attached hydrogens (tertiary/aromatic N) is 3. The highest BCUT2D eigenvalue weighted by atomic mass is 16.6. The number of amides is 1. The molecule has 0 aliphatic carbocycles. The van der Waals surface area contributed by atoms with Crippen LogP contribution in [-0.2, 0) is 16.1 Å². The summed E-state index contributed by atoms with van der Waals surface area (Å²) in [6.45, 7) is 6.63. The van der Waals surface area contributed by atoms with E-state index in [1.165, 1.54) is 0 Å². The molecule has 0 saturated carbocycles. The van der Waals surface area contributed by atoms with E-state index in [-0.39, 0.29) is 6.23 Å². The van der Waals surface area contributed by atoms with Gasteiger partial charge < -0.3 is 14.2 Å². The maximum absolute atomic E-state index is 12.1. The van der Waals surface area contributed by atoms with Crippen molar-refractivity contribution in [2.24, 2.45) is 0 Å². The predicted octanol–water partition coefficient (Wildman–Crippen LogP) is 6.72. The second-order valence-electron chi connectivity index (χ2n) is 10.2. The highest BCUT2D eigenvalue weighted by molar-refractivity contribution is 5.89. The molecule has 37 heavy (non-hydrogen) atoms. The Morgan fingerprint density at radius 3 is 2.65 bits per heavy atom. The first-order chi connectivity index (χ1) is 17.9. The Balaban J connectivity index is 1.47. The largest absolute Gasteiger partial charge is 0.488 e. The Hall–Kier alpha value is -3.91. The van der Waals surface area contributed by atoms with Crippen molar-refractivity contribution in [1.82, 2.24) is 14.8 Å². The molecule has 0 radical (unpaired) electrons. The Bertz CT molecular complexity index is 1350. The van der Waals surface area contributed by atoms with Crippen LogP contribution in [0, 0.1) is 0 Å². The topological polar surface area (TPSA) is 87.5 Å². The SMILES string of the molecule is CC(C)(C)OC(=O)Nc1ccc(-c2cc3c(cnn3C3CCCCO3)cc2OCc2ccccc2)cn1. The van der Waals surface area contributed by atoms with Gasteiger partial charge in [0.2, 0.25) is 0 Å². The lowest BCUT2D eigenvalue weighted by Gasteiger charge is -2.23. The first-order valence-electron chi connectivity index (χ1n) is 12.6. The van der Waals surface area contributed by atoms with Crippen LogP contribution in [0.1, 0.15) is 51.8 Å². The van der Waals surface area contributed by atoms with Crippen LogP contribution in [0.25, 0.3) is 22.0 Å². The van der Waals surface area contributed by atoms with E-state index in [0.717, 1.165) is 59.2 Å². The van der Waals surface area contributed by atoms with Crippen LogP contribution in [-0.4, -0.2) is 33.1 Å². The normalized spacial score (nSPS) is 15.9. The molecular weight excluding hydrogens is 468 g/mol. The van der Waals surface area contributed by atoms with Crippen LogP contribution in [0.4, 0.5) is 10.6 Å². The summed E-state index contributed by atoms with van der Waals surface area (Å²) in [7, 11) is 0. The van der Waals surface area contributed by atoms with Gasteiger partial charge in [-0.15, -0.1) is 0 Å². The maximum atomic E-state index is 12.1. The van der Waals surface area contributed by atoms with Gasteiger partial charge in [-0.1, -0.05) is 30.3 Å². The monoisotopic (exact) mass is 500 g/mol. The second kappa shape index (κ2) is 10.6. The summed E-state index contributed by atoms with van der Waals surface area (Å²) < 4.78 is 19.6. The zero-order chi connectivity index (χ0) is 25.8. The summed E-state index contributed by atoms with van der Waals surface area (Å²) in [5.41, 5.74) is 3.21. The first kappa shape index (κ1) is 24.8. The van der Waals surface area contributed by atoms with Crippen molar-refractivity contribution >= 4 is 22.8 Å². The first-order valence-corrected chi connectivity index (χ1v) is 12.6. The number of pyridine rings is 1. The third kappa shape index (κ3) is 6.09. The Kier molecular flexibility index (Phi) is 7.10. The van der Waals surface area contributed by atoms with Gasteiger partial charge in [-0.05, 0) is 69.9 Å². The molecule has 5 rings (SSSR count). The number of fused-ring (bicyclic) bond motifs is 1. The minimum absolute atomic E-state index is 0.0753. The molecule has 1 aliphatic heterocycles. The van der Waals surface area contributed by atoms with Crippen LogP contribution >= 0.6 is 0 Å². The molecule has 4 aromatic rings. The lowest BCUT2D eigenvalue weighted by Crippen LogP contribution is -2.27. The number of benzene rings is 2. The molecule has 0 bridgehead atoms. The van der Waals surface area contributed by atoms with Crippen LogP contribution in [0.15, 0.2) is 67.0 Å². The third-order valence-corrected chi connectivity index (χ3v) is 6.07. The van der Waals surface area contributed by atoms with Gasteiger partial charge in [0.05, 0.1) is 11.7 Å². The number of aromatic nitrogens is 3. The van der Waals surface area contributed by atoms with E-state index in [1.807, 2.05) is 74.1 Å². The molecule has 0 spiro atoms.